The molecule has 0 aromatic carbocycles. The van der Waals surface area contributed by atoms with E-state index >= 15 is 0 Å². The largest absolute Gasteiger partial charge is 0.381 e. The number of nitrogens with one attached hydrogen (secondary N) is 1. The van der Waals surface area contributed by atoms with Gasteiger partial charge in [-0.1, -0.05) is 13.8 Å². The number of hydrogen-bond acceptors (Lipinski definition) is 3. The minimum Gasteiger partial charge on any atom is -0.381 e. The van der Waals surface area contributed by atoms with E-state index in [2.05, 4.69) is 19.2 Å². The quantitative estimate of drug-likeness (QED) is 0.779. The van der Waals surface area contributed by atoms with Gasteiger partial charge in [0.05, 0.1) is 12.7 Å². The Morgan fingerprint density at radius 1 is 1.38 bits per heavy atom. The van der Waals surface area contributed by atoms with Gasteiger partial charge in [0.1, 0.15) is 0 Å². The van der Waals surface area contributed by atoms with Crippen LogP contribution in [0, 0.1) is 5.41 Å². The Morgan fingerprint density at radius 3 is 2.81 bits per heavy atom. The zero-order chi connectivity index (χ0) is 11.4. The highest BCUT2D eigenvalue weighted by Gasteiger charge is 2.38. The Bertz CT molecular complexity index is 206. The van der Waals surface area contributed by atoms with Crippen LogP contribution in [-0.2, 0) is 9.47 Å². The van der Waals surface area contributed by atoms with E-state index in [-0.39, 0.29) is 0 Å². The summed E-state index contributed by atoms with van der Waals surface area (Å²) in [5.74, 6) is 0. The molecule has 2 aliphatic heterocycles. The van der Waals surface area contributed by atoms with Crippen molar-refractivity contribution < 1.29 is 9.47 Å². The van der Waals surface area contributed by atoms with Crippen LogP contribution in [0.5, 0.6) is 0 Å². The molecule has 0 bridgehead atoms. The summed E-state index contributed by atoms with van der Waals surface area (Å²) >= 11 is 0. The van der Waals surface area contributed by atoms with E-state index in [9.17, 15) is 0 Å². The topological polar surface area (TPSA) is 30.5 Å². The first-order valence-corrected chi connectivity index (χ1v) is 6.63. The molecule has 2 saturated heterocycles. The summed E-state index contributed by atoms with van der Waals surface area (Å²) in [4.78, 5) is 0. The standard InChI is InChI=1S/C13H25NO2/c1-11(2)14-9-13(5-7-15-10-13)8-12-4-3-6-16-12/h11-12,14H,3-10H2,1-2H3. The fraction of sp³-hybridized carbons (Fsp3) is 1.00. The van der Waals surface area contributed by atoms with E-state index in [0.29, 0.717) is 17.6 Å². The molecule has 2 atom stereocenters. The van der Waals surface area contributed by atoms with E-state index in [0.717, 1.165) is 26.4 Å². The Hall–Kier alpha value is -0.120. The molecule has 2 aliphatic rings. The lowest BCUT2D eigenvalue weighted by Crippen LogP contribution is -2.40. The molecule has 0 saturated carbocycles. The minimum atomic E-state index is 0.333. The first-order valence-electron chi connectivity index (χ1n) is 6.63. The number of hydrogen-bond donors (Lipinski definition) is 1. The maximum Gasteiger partial charge on any atom is 0.0582 e. The van der Waals surface area contributed by atoms with Crippen LogP contribution in [0.15, 0.2) is 0 Å². The maximum absolute atomic E-state index is 5.76. The molecule has 2 unspecified atom stereocenters. The van der Waals surface area contributed by atoms with Crippen molar-refractivity contribution in [2.75, 3.05) is 26.4 Å². The zero-order valence-electron chi connectivity index (χ0n) is 10.6. The van der Waals surface area contributed by atoms with E-state index in [1.165, 1.54) is 25.7 Å². The summed E-state index contributed by atoms with van der Waals surface area (Å²) in [5.41, 5.74) is 0.333. The van der Waals surface area contributed by atoms with Gasteiger partial charge in [-0.15, -0.1) is 0 Å². The summed E-state index contributed by atoms with van der Waals surface area (Å²) in [6.45, 7) is 8.27. The average Bonchev–Trinajstić information content (AvgIpc) is 2.88. The molecule has 0 aliphatic carbocycles. The smallest absolute Gasteiger partial charge is 0.0582 e. The van der Waals surface area contributed by atoms with Gasteiger partial charge < -0.3 is 14.8 Å². The van der Waals surface area contributed by atoms with Crippen molar-refractivity contribution in [1.82, 2.24) is 5.32 Å². The van der Waals surface area contributed by atoms with Gasteiger partial charge in [-0.05, 0) is 25.7 Å². The van der Waals surface area contributed by atoms with Gasteiger partial charge in [0, 0.05) is 31.2 Å². The molecule has 3 heteroatoms. The third-order valence-electron chi connectivity index (χ3n) is 3.75. The van der Waals surface area contributed by atoms with Crippen molar-refractivity contribution in [2.24, 2.45) is 5.41 Å². The summed E-state index contributed by atoms with van der Waals surface area (Å²) in [7, 11) is 0. The van der Waals surface area contributed by atoms with Crippen molar-refractivity contribution in [3.05, 3.63) is 0 Å². The molecule has 3 nitrogen and oxygen atoms in total. The first-order chi connectivity index (χ1) is 7.70. The van der Waals surface area contributed by atoms with Crippen LogP contribution in [-0.4, -0.2) is 38.5 Å². The first kappa shape index (κ1) is 12.3. The van der Waals surface area contributed by atoms with Gasteiger partial charge in [0.2, 0.25) is 0 Å². The lowest BCUT2D eigenvalue weighted by molar-refractivity contribution is 0.0513. The Kier molecular flexibility index (Phi) is 4.22. The van der Waals surface area contributed by atoms with Gasteiger partial charge in [-0.3, -0.25) is 0 Å². The van der Waals surface area contributed by atoms with Gasteiger partial charge in [0.25, 0.3) is 0 Å². The third-order valence-corrected chi connectivity index (χ3v) is 3.75. The maximum atomic E-state index is 5.76. The highest BCUT2D eigenvalue weighted by atomic mass is 16.5. The van der Waals surface area contributed by atoms with Crippen molar-refractivity contribution in [1.29, 1.82) is 0 Å². The van der Waals surface area contributed by atoms with Crippen molar-refractivity contribution in [3.63, 3.8) is 0 Å². The lowest BCUT2D eigenvalue weighted by Gasteiger charge is -2.31. The Labute approximate surface area is 98.9 Å². The molecule has 0 aromatic heterocycles. The van der Waals surface area contributed by atoms with Crippen LogP contribution < -0.4 is 5.32 Å². The van der Waals surface area contributed by atoms with E-state index < -0.39 is 0 Å². The van der Waals surface area contributed by atoms with Gasteiger partial charge in [0.15, 0.2) is 0 Å². The van der Waals surface area contributed by atoms with E-state index in [1.54, 1.807) is 0 Å². The van der Waals surface area contributed by atoms with Crippen LogP contribution in [0.1, 0.15) is 39.5 Å². The monoisotopic (exact) mass is 227 g/mol. The second-order valence-corrected chi connectivity index (χ2v) is 5.68. The summed E-state index contributed by atoms with van der Waals surface area (Å²) in [5, 5.41) is 3.57. The third kappa shape index (κ3) is 3.19. The second-order valence-electron chi connectivity index (χ2n) is 5.68. The Balaban J connectivity index is 1.86. The highest BCUT2D eigenvalue weighted by molar-refractivity contribution is 4.89. The van der Waals surface area contributed by atoms with Gasteiger partial charge in [-0.25, -0.2) is 0 Å². The molecular formula is C13H25NO2. The molecule has 0 radical (unpaired) electrons. The van der Waals surface area contributed by atoms with Gasteiger partial charge >= 0.3 is 0 Å². The molecule has 16 heavy (non-hydrogen) atoms. The van der Waals surface area contributed by atoms with Crippen LogP contribution >= 0.6 is 0 Å². The summed E-state index contributed by atoms with van der Waals surface area (Å²) in [6.07, 6.45) is 5.32. The summed E-state index contributed by atoms with van der Waals surface area (Å²) in [6, 6.07) is 0.557. The molecule has 1 N–H and O–H groups in total. The number of ether oxygens (including phenoxy) is 2. The van der Waals surface area contributed by atoms with E-state index in [1.807, 2.05) is 0 Å². The normalized spacial score (nSPS) is 35.1. The molecule has 0 spiro atoms. The van der Waals surface area contributed by atoms with Crippen LogP contribution in [0.3, 0.4) is 0 Å². The lowest BCUT2D eigenvalue weighted by atomic mass is 9.81. The molecule has 2 heterocycles. The highest BCUT2D eigenvalue weighted by Crippen LogP contribution is 2.36. The fourth-order valence-corrected chi connectivity index (χ4v) is 2.73. The summed E-state index contributed by atoms with van der Waals surface area (Å²) < 4.78 is 11.4. The van der Waals surface area contributed by atoms with Crippen molar-refractivity contribution >= 4 is 0 Å². The predicted octanol–water partition coefficient (Wildman–Crippen LogP) is 1.96. The molecule has 0 aromatic rings. The van der Waals surface area contributed by atoms with Crippen LogP contribution in [0.25, 0.3) is 0 Å². The molecule has 0 amide bonds. The molecular weight excluding hydrogens is 202 g/mol. The van der Waals surface area contributed by atoms with Crippen molar-refractivity contribution in [3.8, 4) is 0 Å². The zero-order valence-corrected chi connectivity index (χ0v) is 10.6. The van der Waals surface area contributed by atoms with Crippen LogP contribution in [0.4, 0.5) is 0 Å². The minimum absolute atomic E-state index is 0.333. The molecule has 2 rings (SSSR count). The van der Waals surface area contributed by atoms with Gasteiger partial charge in [-0.2, -0.15) is 0 Å². The average molecular weight is 227 g/mol. The van der Waals surface area contributed by atoms with Crippen molar-refractivity contribution in [2.45, 2.75) is 51.7 Å². The van der Waals surface area contributed by atoms with Crippen LogP contribution in [0.2, 0.25) is 0 Å². The number of rotatable bonds is 5. The predicted molar refractivity (Wildman–Crippen MR) is 64.6 cm³/mol. The fourth-order valence-electron chi connectivity index (χ4n) is 2.73. The molecule has 2 fully saturated rings. The Morgan fingerprint density at radius 2 is 2.25 bits per heavy atom. The second kappa shape index (κ2) is 5.48. The SMILES string of the molecule is CC(C)NCC1(CC2CCCO2)CCOC1. The van der Waals surface area contributed by atoms with E-state index in [4.69, 9.17) is 9.47 Å². The molecule has 94 valence electrons.